The van der Waals surface area contributed by atoms with Crippen LogP contribution in [0, 0.1) is 0 Å². The topological polar surface area (TPSA) is 113 Å². The van der Waals surface area contributed by atoms with E-state index in [1.165, 1.54) is 38.5 Å². The maximum Gasteiger partial charge on any atom is 0.338 e. The fourth-order valence-corrected chi connectivity index (χ4v) is 8.14. The predicted molar refractivity (Wildman–Crippen MR) is 268 cm³/mol. The van der Waals surface area contributed by atoms with Gasteiger partial charge in [0.15, 0.2) is 11.6 Å². The molecule has 2 atom stereocenters. The molecule has 9 heteroatoms. The number of aromatic nitrogens is 4. The van der Waals surface area contributed by atoms with Gasteiger partial charge in [-0.25, -0.2) is 29.5 Å². The number of aryl methyl sites for hydroxylation is 2. The Morgan fingerprint density at radius 3 is 1.04 bits per heavy atom. The van der Waals surface area contributed by atoms with E-state index in [9.17, 15) is 9.59 Å². The molecule has 4 aromatic carbocycles. The van der Waals surface area contributed by atoms with E-state index in [-0.39, 0.29) is 11.9 Å². The first-order valence-electron chi connectivity index (χ1n) is 24.9. The lowest BCUT2D eigenvalue weighted by atomic mass is 9.95. The van der Waals surface area contributed by atoms with Crippen molar-refractivity contribution in [2.75, 3.05) is 13.2 Å². The SMILES string of the molecule is CCCCCCCCOC(=O)c1ccc(C(OC(c2ccc(C(=O)OCCCCCCCC)cc2)c2ccc(-c3ncc(CCC)cn3)cc2)c2ccc(-c3ncc(CCC)cn3)cc2)cc1. The zero-order valence-electron chi connectivity index (χ0n) is 40.3. The molecule has 0 saturated heterocycles. The Bertz CT molecular complexity index is 2180. The summed E-state index contributed by atoms with van der Waals surface area (Å²) in [6.07, 6.45) is 23.8. The Morgan fingerprint density at radius 1 is 0.403 bits per heavy atom. The van der Waals surface area contributed by atoms with Crippen molar-refractivity contribution in [3.05, 3.63) is 166 Å². The molecule has 0 aliphatic rings. The van der Waals surface area contributed by atoms with E-state index in [0.29, 0.717) is 36.0 Å². The van der Waals surface area contributed by atoms with E-state index in [1.807, 2.05) is 97.6 Å². The minimum Gasteiger partial charge on any atom is -0.462 e. The van der Waals surface area contributed by atoms with E-state index < -0.39 is 12.2 Å². The molecular weight excluding hydrogens is 833 g/mol. The Balaban J connectivity index is 1.29. The zero-order chi connectivity index (χ0) is 47.1. The number of carbonyl (C=O) groups excluding carboxylic acids is 2. The maximum atomic E-state index is 13.2. The van der Waals surface area contributed by atoms with Gasteiger partial charge < -0.3 is 14.2 Å². The normalized spacial score (nSPS) is 12.1. The number of hydrogen-bond acceptors (Lipinski definition) is 9. The van der Waals surface area contributed by atoms with Gasteiger partial charge in [-0.1, -0.05) is 178 Å². The zero-order valence-corrected chi connectivity index (χ0v) is 40.3. The molecular formula is C58H70N4O5. The molecule has 0 N–H and O–H groups in total. The summed E-state index contributed by atoms with van der Waals surface area (Å²) in [5.41, 5.74) is 8.52. The molecule has 0 aliphatic carbocycles. The van der Waals surface area contributed by atoms with Crippen LogP contribution >= 0.6 is 0 Å². The van der Waals surface area contributed by atoms with Crippen LogP contribution in [-0.2, 0) is 27.1 Å². The number of carbonyl (C=O) groups is 2. The van der Waals surface area contributed by atoms with Gasteiger partial charge in [-0.3, -0.25) is 0 Å². The standard InChI is InChI=1S/C58H70N4O5/c1-5-9-11-13-15-17-37-65-57(63)51-33-25-47(26-34-51)53(45-21-29-49(30-22-45)55-59-39-43(19-7-3)40-60-55)67-54(46-23-31-50(32-24-46)56-61-41-44(20-8-4)42-62-56)48-27-35-52(36-28-48)58(64)66-38-18-16-14-12-10-6-2/h21-36,39-42,53-54H,5-20,37-38H2,1-4H3. The Morgan fingerprint density at radius 2 is 0.716 bits per heavy atom. The quantitative estimate of drug-likeness (QED) is 0.0351. The minimum atomic E-state index is -0.573. The summed E-state index contributed by atoms with van der Waals surface area (Å²) in [6.45, 7) is 9.52. The van der Waals surface area contributed by atoms with Gasteiger partial charge in [-0.2, -0.15) is 0 Å². The summed E-state index contributed by atoms with van der Waals surface area (Å²) in [5, 5.41) is 0. The Kier molecular flexibility index (Phi) is 20.7. The molecule has 2 aromatic heterocycles. The molecule has 9 nitrogen and oxygen atoms in total. The molecule has 6 aromatic rings. The van der Waals surface area contributed by atoms with E-state index in [1.54, 1.807) is 0 Å². The number of benzene rings is 4. The minimum absolute atomic E-state index is 0.334. The van der Waals surface area contributed by atoms with Crippen molar-refractivity contribution in [2.45, 2.75) is 143 Å². The van der Waals surface area contributed by atoms with Gasteiger partial charge in [-0.05, 0) is 83.3 Å². The molecule has 0 amide bonds. The lowest BCUT2D eigenvalue weighted by Crippen LogP contribution is -2.14. The third-order valence-electron chi connectivity index (χ3n) is 12.1. The van der Waals surface area contributed by atoms with Crippen LogP contribution < -0.4 is 0 Å². The number of hydrogen-bond donors (Lipinski definition) is 0. The van der Waals surface area contributed by atoms with E-state index in [4.69, 9.17) is 14.2 Å². The van der Waals surface area contributed by atoms with E-state index >= 15 is 0 Å². The number of ether oxygens (including phenoxy) is 3. The van der Waals surface area contributed by atoms with Crippen LogP contribution in [0.2, 0.25) is 0 Å². The first-order valence-corrected chi connectivity index (χ1v) is 24.9. The highest BCUT2D eigenvalue weighted by Crippen LogP contribution is 2.38. The largest absolute Gasteiger partial charge is 0.462 e. The average Bonchev–Trinajstić information content (AvgIpc) is 3.37. The van der Waals surface area contributed by atoms with Crippen LogP contribution in [0.25, 0.3) is 22.8 Å². The second-order valence-electron chi connectivity index (χ2n) is 17.5. The van der Waals surface area contributed by atoms with Crippen LogP contribution in [0.1, 0.15) is 184 Å². The fourth-order valence-electron chi connectivity index (χ4n) is 8.14. The van der Waals surface area contributed by atoms with Crippen molar-refractivity contribution < 1.29 is 23.8 Å². The van der Waals surface area contributed by atoms with Crippen molar-refractivity contribution in [3.63, 3.8) is 0 Å². The summed E-state index contributed by atoms with van der Waals surface area (Å²) in [4.78, 5) is 45.0. The molecule has 0 radical (unpaired) electrons. The Labute approximate surface area is 399 Å². The third kappa shape index (κ3) is 15.5. The summed E-state index contributed by atoms with van der Waals surface area (Å²) in [6, 6.07) is 31.3. The molecule has 0 saturated carbocycles. The maximum absolute atomic E-state index is 13.2. The monoisotopic (exact) mass is 903 g/mol. The van der Waals surface area contributed by atoms with E-state index in [0.717, 1.165) is 109 Å². The molecule has 352 valence electrons. The molecule has 0 fully saturated rings. The average molecular weight is 903 g/mol. The lowest BCUT2D eigenvalue weighted by molar-refractivity contribution is 0.0307. The highest BCUT2D eigenvalue weighted by atomic mass is 16.5. The van der Waals surface area contributed by atoms with E-state index in [2.05, 4.69) is 71.9 Å². The highest BCUT2D eigenvalue weighted by molar-refractivity contribution is 5.90. The van der Waals surface area contributed by atoms with Gasteiger partial charge in [0.1, 0.15) is 12.2 Å². The molecule has 67 heavy (non-hydrogen) atoms. The number of nitrogens with zero attached hydrogens (tertiary/aromatic N) is 4. The number of esters is 2. The number of rotatable bonds is 28. The van der Waals surface area contributed by atoms with Crippen LogP contribution in [0.3, 0.4) is 0 Å². The number of unbranched alkanes of at least 4 members (excludes halogenated alkanes) is 10. The summed E-state index contributed by atoms with van der Waals surface area (Å²) >= 11 is 0. The van der Waals surface area contributed by atoms with Crippen LogP contribution in [-0.4, -0.2) is 45.1 Å². The molecule has 2 heterocycles. The third-order valence-corrected chi connectivity index (χ3v) is 12.1. The van der Waals surface area contributed by atoms with Crippen LogP contribution in [0.15, 0.2) is 122 Å². The van der Waals surface area contributed by atoms with Crippen molar-refractivity contribution >= 4 is 11.9 Å². The molecule has 0 aliphatic heterocycles. The van der Waals surface area contributed by atoms with Gasteiger partial charge in [0.2, 0.25) is 0 Å². The van der Waals surface area contributed by atoms with Gasteiger partial charge in [0.05, 0.1) is 24.3 Å². The summed E-state index contributed by atoms with van der Waals surface area (Å²) < 4.78 is 18.7. The van der Waals surface area contributed by atoms with Crippen molar-refractivity contribution in [1.82, 2.24) is 19.9 Å². The predicted octanol–water partition coefficient (Wildman–Crippen LogP) is 14.4. The molecule has 2 unspecified atom stereocenters. The first-order chi connectivity index (χ1) is 32.9. The smallest absolute Gasteiger partial charge is 0.338 e. The summed E-state index contributed by atoms with van der Waals surface area (Å²) in [7, 11) is 0. The van der Waals surface area contributed by atoms with Gasteiger partial charge in [0.25, 0.3) is 0 Å². The lowest BCUT2D eigenvalue weighted by Gasteiger charge is -2.27. The van der Waals surface area contributed by atoms with Gasteiger partial charge >= 0.3 is 11.9 Å². The molecule has 0 spiro atoms. The first kappa shape index (κ1) is 50.4. The van der Waals surface area contributed by atoms with Crippen molar-refractivity contribution in [3.8, 4) is 22.8 Å². The fraction of sp³-hybridized carbons (Fsp3) is 0.414. The molecule has 6 rings (SSSR count). The highest BCUT2D eigenvalue weighted by Gasteiger charge is 2.25. The Hall–Kier alpha value is -6.06. The van der Waals surface area contributed by atoms with Crippen LogP contribution in [0.4, 0.5) is 0 Å². The van der Waals surface area contributed by atoms with Crippen molar-refractivity contribution in [1.29, 1.82) is 0 Å². The van der Waals surface area contributed by atoms with Crippen LogP contribution in [0.5, 0.6) is 0 Å². The second kappa shape index (κ2) is 27.5. The van der Waals surface area contributed by atoms with Gasteiger partial charge in [-0.15, -0.1) is 0 Å². The summed E-state index contributed by atoms with van der Waals surface area (Å²) in [5.74, 6) is 0.638. The molecule has 0 bridgehead atoms. The second-order valence-corrected chi connectivity index (χ2v) is 17.5. The van der Waals surface area contributed by atoms with Crippen molar-refractivity contribution in [2.24, 2.45) is 0 Å². The van der Waals surface area contributed by atoms with Gasteiger partial charge in [0, 0.05) is 35.9 Å².